The number of fused-ring (bicyclic) bond motifs is 1. The SMILES string of the molecule is Cc1c(N)sc2cccc(C(=O)O)c12. The molecule has 0 unspecified atom stereocenters. The number of rotatable bonds is 1. The molecule has 4 heteroatoms. The first-order valence-electron chi connectivity index (χ1n) is 4.12. The fourth-order valence-electron chi connectivity index (χ4n) is 1.50. The van der Waals surface area contributed by atoms with Crippen LogP contribution in [0, 0.1) is 6.92 Å². The zero-order valence-corrected chi connectivity index (χ0v) is 8.39. The predicted molar refractivity (Wildman–Crippen MR) is 57.9 cm³/mol. The minimum atomic E-state index is -0.906. The lowest BCUT2D eigenvalue weighted by atomic mass is 10.1. The maximum Gasteiger partial charge on any atom is 0.336 e. The number of thiophene rings is 1. The standard InChI is InChI=1S/C10H9NO2S/c1-5-8-6(10(12)13)3-2-4-7(8)14-9(5)11/h2-4H,11H2,1H3,(H,12,13). The number of anilines is 1. The van der Waals surface area contributed by atoms with Gasteiger partial charge in [0, 0.05) is 10.1 Å². The van der Waals surface area contributed by atoms with Gasteiger partial charge in [0.2, 0.25) is 0 Å². The maximum absolute atomic E-state index is 10.9. The first kappa shape index (κ1) is 9.02. The molecular formula is C10H9NO2S. The molecule has 0 saturated carbocycles. The highest BCUT2D eigenvalue weighted by Gasteiger charge is 2.13. The summed E-state index contributed by atoms with van der Waals surface area (Å²) in [5.74, 6) is -0.906. The van der Waals surface area contributed by atoms with Gasteiger partial charge in [0.1, 0.15) is 0 Å². The van der Waals surface area contributed by atoms with Crippen molar-refractivity contribution in [1.29, 1.82) is 0 Å². The highest BCUT2D eigenvalue weighted by Crippen LogP contribution is 2.34. The van der Waals surface area contributed by atoms with Crippen LogP contribution < -0.4 is 5.73 Å². The van der Waals surface area contributed by atoms with Crippen molar-refractivity contribution < 1.29 is 9.90 Å². The number of carboxylic acid groups (broad SMARTS) is 1. The Morgan fingerprint density at radius 2 is 2.21 bits per heavy atom. The van der Waals surface area contributed by atoms with Crippen LogP contribution >= 0.6 is 11.3 Å². The van der Waals surface area contributed by atoms with Crippen LogP contribution in [0.1, 0.15) is 15.9 Å². The number of hydrogen-bond acceptors (Lipinski definition) is 3. The lowest BCUT2D eigenvalue weighted by Crippen LogP contribution is -1.96. The van der Waals surface area contributed by atoms with E-state index in [2.05, 4.69) is 0 Å². The molecule has 3 nitrogen and oxygen atoms in total. The molecule has 3 N–H and O–H groups in total. The highest BCUT2D eigenvalue weighted by atomic mass is 32.1. The number of carbonyl (C=O) groups is 1. The fraction of sp³-hybridized carbons (Fsp3) is 0.100. The van der Waals surface area contributed by atoms with Crippen molar-refractivity contribution in [2.24, 2.45) is 0 Å². The van der Waals surface area contributed by atoms with E-state index in [-0.39, 0.29) is 0 Å². The molecule has 1 heterocycles. The van der Waals surface area contributed by atoms with Crippen LogP contribution in [0.4, 0.5) is 5.00 Å². The molecule has 0 bridgehead atoms. The Labute approximate surface area is 84.8 Å². The topological polar surface area (TPSA) is 63.3 Å². The van der Waals surface area contributed by atoms with Gasteiger partial charge in [-0.3, -0.25) is 0 Å². The van der Waals surface area contributed by atoms with Gasteiger partial charge in [-0.1, -0.05) is 6.07 Å². The van der Waals surface area contributed by atoms with Gasteiger partial charge < -0.3 is 10.8 Å². The van der Waals surface area contributed by atoms with E-state index in [0.717, 1.165) is 15.6 Å². The molecule has 2 aromatic rings. The van der Waals surface area contributed by atoms with Gasteiger partial charge >= 0.3 is 5.97 Å². The third kappa shape index (κ3) is 1.15. The molecule has 0 fully saturated rings. The van der Waals surface area contributed by atoms with Crippen LogP contribution in [0.25, 0.3) is 10.1 Å². The number of hydrogen-bond donors (Lipinski definition) is 2. The summed E-state index contributed by atoms with van der Waals surface area (Å²) in [6, 6.07) is 5.22. The molecule has 0 aliphatic heterocycles. The lowest BCUT2D eigenvalue weighted by molar-refractivity contribution is 0.0699. The van der Waals surface area contributed by atoms with Gasteiger partial charge in [-0.05, 0) is 24.6 Å². The molecule has 14 heavy (non-hydrogen) atoms. The Morgan fingerprint density at radius 3 is 2.86 bits per heavy atom. The number of aryl methyl sites for hydroxylation is 1. The van der Waals surface area contributed by atoms with Crippen molar-refractivity contribution in [3.05, 3.63) is 29.3 Å². The normalized spacial score (nSPS) is 10.6. The van der Waals surface area contributed by atoms with Gasteiger partial charge in [-0.25, -0.2) is 4.79 Å². The Bertz CT molecular complexity index is 516. The molecule has 0 amide bonds. The van der Waals surface area contributed by atoms with Crippen molar-refractivity contribution in [1.82, 2.24) is 0 Å². The van der Waals surface area contributed by atoms with E-state index in [1.54, 1.807) is 12.1 Å². The first-order chi connectivity index (χ1) is 6.61. The monoisotopic (exact) mass is 207 g/mol. The third-order valence-electron chi connectivity index (χ3n) is 2.22. The van der Waals surface area contributed by atoms with E-state index < -0.39 is 5.97 Å². The van der Waals surface area contributed by atoms with Crippen molar-refractivity contribution in [3.8, 4) is 0 Å². The molecule has 1 aromatic carbocycles. The van der Waals surface area contributed by atoms with Crippen molar-refractivity contribution in [3.63, 3.8) is 0 Å². The summed E-state index contributed by atoms with van der Waals surface area (Å²) in [6.45, 7) is 1.85. The summed E-state index contributed by atoms with van der Waals surface area (Å²) >= 11 is 1.42. The number of nitrogens with two attached hydrogens (primary N) is 1. The van der Waals surface area contributed by atoms with Gasteiger partial charge in [-0.15, -0.1) is 11.3 Å². The van der Waals surface area contributed by atoms with Crippen LogP contribution in [0.15, 0.2) is 18.2 Å². The van der Waals surface area contributed by atoms with E-state index in [1.165, 1.54) is 11.3 Å². The number of aromatic carboxylic acids is 1. The molecule has 0 saturated heterocycles. The summed E-state index contributed by atoms with van der Waals surface area (Å²) < 4.78 is 0.930. The average molecular weight is 207 g/mol. The summed E-state index contributed by atoms with van der Waals surface area (Å²) in [4.78, 5) is 10.9. The molecule has 0 aliphatic carbocycles. The zero-order chi connectivity index (χ0) is 10.3. The fourth-order valence-corrected chi connectivity index (χ4v) is 2.50. The van der Waals surface area contributed by atoms with Crippen LogP contribution in [0.5, 0.6) is 0 Å². The Morgan fingerprint density at radius 1 is 1.50 bits per heavy atom. The minimum Gasteiger partial charge on any atom is -0.478 e. The summed E-state index contributed by atoms with van der Waals surface area (Å²) in [6.07, 6.45) is 0. The van der Waals surface area contributed by atoms with Gasteiger partial charge in [0.05, 0.1) is 10.6 Å². The van der Waals surface area contributed by atoms with E-state index in [1.807, 2.05) is 13.0 Å². The van der Waals surface area contributed by atoms with Gasteiger partial charge in [0.25, 0.3) is 0 Å². The average Bonchev–Trinajstić information content (AvgIpc) is 2.43. The molecule has 1 aromatic heterocycles. The lowest BCUT2D eigenvalue weighted by Gasteiger charge is -1.97. The van der Waals surface area contributed by atoms with Gasteiger partial charge in [0.15, 0.2) is 0 Å². The molecule has 0 aliphatic rings. The van der Waals surface area contributed by atoms with E-state index in [4.69, 9.17) is 10.8 Å². The number of benzene rings is 1. The molecule has 0 atom stereocenters. The summed E-state index contributed by atoms with van der Waals surface area (Å²) in [5, 5.41) is 10.4. The first-order valence-corrected chi connectivity index (χ1v) is 4.94. The minimum absolute atomic E-state index is 0.327. The molecule has 0 spiro atoms. The molecule has 72 valence electrons. The Hall–Kier alpha value is -1.55. The quantitative estimate of drug-likeness (QED) is 0.755. The third-order valence-corrected chi connectivity index (χ3v) is 3.31. The van der Waals surface area contributed by atoms with Crippen LogP contribution in [0.2, 0.25) is 0 Å². The van der Waals surface area contributed by atoms with Crippen molar-refractivity contribution >= 4 is 32.4 Å². The largest absolute Gasteiger partial charge is 0.478 e. The van der Waals surface area contributed by atoms with E-state index in [0.29, 0.717) is 10.6 Å². The van der Waals surface area contributed by atoms with Crippen LogP contribution in [0.3, 0.4) is 0 Å². The number of nitrogen functional groups attached to an aromatic ring is 1. The van der Waals surface area contributed by atoms with E-state index >= 15 is 0 Å². The second-order valence-electron chi connectivity index (χ2n) is 3.08. The second kappa shape index (κ2) is 2.99. The number of carboxylic acids is 1. The van der Waals surface area contributed by atoms with Crippen molar-refractivity contribution in [2.75, 3.05) is 5.73 Å². The van der Waals surface area contributed by atoms with Crippen LogP contribution in [-0.4, -0.2) is 11.1 Å². The molecule has 0 radical (unpaired) electrons. The zero-order valence-electron chi connectivity index (χ0n) is 7.57. The van der Waals surface area contributed by atoms with Crippen LogP contribution in [-0.2, 0) is 0 Å². The summed E-state index contributed by atoms with van der Waals surface area (Å²) in [5.41, 5.74) is 6.94. The van der Waals surface area contributed by atoms with E-state index in [9.17, 15) is 4.79 Å². The Balaban J connectivity index is 2.91. The molecular weight excluding hydrogens is 198 g/mol. The maximum atomic E-state index is 10.9. The van der Waals surface area contributed by atoms with Crippen molar-refractivity contribution in [2.45, 2.75) is 6.92 Å². The second-order valence-corrected chi connectivity index (χ2v) is 4.16. The van der Waals surface area contributed by atoms with Gasteiger partial charge in [-0.2, -0.15) is 0 Å². The Kier molecular flexibility index (Phi) is 1.93. The predicted octanol–water partition coefficient (Wildman–Crippen LogP) is 2.49. The summed E-state index contributed by atoms with van der Waals surface area (Å²) in [7, 11) is 0. The highest BCUT2D eigenvalue weighted by molar-refractivity contribution is 7.23. The smallest absolute Gasteiger partial charge is 0.336 e. The molecule has 2 rings (SSSR count).